The minimum atomic E-state index is 0.984. The van der Waals surface area contributed by atoms with Crippen LogP contribution in [0.3, 0.4) is 0 Å². The number of para-hydroxylation sites is 1. The van der Waals surface area contributed by atoms with E-state index in [0.717, 1.165) is 27.5 Å². The van der Waals surface area contributed by atoms with Crippen LogP contribution in [0.1, 0.15) is 0 Å². The van der Waals surface area contributed by atoms with Crippen molar-refractivity contribution in [1.29, 1.82) is 0 Å². The van der Waals surface area contributed by atoms with Gasteiger partial charge in [-0.2, -0.15) is 0 Å². The molecule has 0 N–H and O–H groups in total. The predicted molar refractivity (Wildman–Crippen MR) is 93.4 cm³/mol. The van der Waals surface area contributed by atoms with Crippen molar-refractivity contribution in [3.05, 3.63) is 79.4 Å². The molecule has 2 aromatic carbocycles. The molecule has 3 nitrogen and oxygen atoms in total. The second kappa shape index (κ2) is 4.65. The van der Waals surface area contributed by atoms with Gasteiger partial charge in [-0.15, -0.1) is 0 Å². The van der Waals surface area contributed by atoms with Gasteiger partial charge in [-0.3, -0.25) is 4.98 Å². The Balaban J connectivity index is 1.98. The molecular formula is C20H13N3. The fourth-order valence-corrected chi connectivity index (χ4v) is 3.28. The van der Waals surface area contributed by atoms with Crippen LogP contribution in [-0.2, 0) is 0 Å². The molecule has 0 saturated heterocycles. The number of imidazole rings is 1. The van der Waals surface area contributed by atoms with Gasteiger partial charge in [-0.25, -0.2) is 4.98 Å². The lowest BCUT2D eigenvalue weighted by atomic mass is 9.98. The summed E-state index contributed by atoms with van der Waals surface area (Å²) in [4.78, 5) is 9.10. The van der Waals surface area contributed by atoms with Crippen LogP contribution in [0.2, 0.25) is 0 Å². The Morgan fingerprint density at radius 3 is 2.52 bits per heavy atom. The van der Waals surface area contributed by atoms with Crippen molar-refractivity contribution in [2.45, 2.75) is 0 Å². The molecule has 3 heteroatoms. The summed E-state index contributed by atoms with van der Waals surface area (Å²) in [7, 11) is 0. The SMILES string of the molecule is c1cnc2c(-c3cn4ccnc4c4ccccc34)cccc2c1. The first-order valence-electron chi connectivity index (χ1n) is 7.60. The van der Waals surface area contributed by atoms with Crippen LogP contribution < -0.4 is 0 Å². The molecule has 5 rings (SSSR count). The minimum absolute atomic E-state index is 0.984. The lowest BCUT2D eigenvalue weighted by molar-refractivity contribution is 1.20. The zero-order chi connectivity index (χ0) is 15.2. The molecule has 0 unspecified atom stereocenters. The average Bonchev–Trinajstić information content (AvgIpc) is 3.09. The van der Waals surface area contributed by atoms with Gasteiger partial charge in [0, 0.05) is 46.7 Å². The lowest BCUT2D eigenvalue weighted by Gasteiger charge is -2.11. The van der Waals surface area contributed by atoms with Gasteiger partial charge in [-0.05, 0) is 11.5 Å². The van der Waals surface area contributed by atoms with Crippen molar-refractivity contribution in [1.82, 2.24) is 14.4 Å². The van der Waals surface area contributed by atoms with Gasteiger partial charge < -0.3 is 4.40 Å². The number of pyridine rings is 2. The van der Waals surface area contributed by atoms with E-state index in [2.05, 4.69) is 69.1 Å². The van der Waals surface area contributed by atoms with E-state index in [1.165, 1.54) is 10.9 Å². The van der Waals surface area contributed by atoms with E-state index in [-0.39, 0.29) is 0 Å². The molecule has 0 saturated carbocycles. The molecule has 3 heterocycles. The monoisotopic (exact) mass is 295 g/mol. The van der Waals surface area contributed by atoms with Crippen molar-refractivity contribution >= 4 is 27.3 Å². The van der Waals surface area contributed by atoms with Crippen molar-refractivity contribution < 1.29 is 0 Å². The minimum Gasteiger partial charge on any atom is -0.306 e. The highest BCUT2D eigenvalue weighted by atomic mass is 15.0. The Bertz CT molecular complexity index is 1170. The molecule has 0 aliphatic carbocycles. The number of rotatable bonds is 1. The van der Waals surface area contributed by atoms with Gasteiger partial charge in [0.1, 0.15) is 5.65 Å². The summed E-state index contributed by atoms with van der Waals surface area (Å²) < 4.78 is 2.08. The summed E-state index contributed by atoms with van der Waals surface area (Å²) >= 11 is 0. The summed E-state index contributed by atoms with van der Waals surface area (Å²) in [5.74, 6) is 0. The molecule has 5 aromatic rings. The largest absolute Gasteiger partial charge is 0.306 e. The molecule has 0 amide bonds. The molecule has 3 aromatic heterocycles. The van der Waals surface area contributed by atoms with Crippen molar-refractivity contribution in [2.75, 3.05) is 0 Å². The zero-order valence-corrected chi connectivity index (χ0v) is 12.3. The summed E-state index contributed by atoms with van der Waals surface area (Å²) in [6.45, 7) is 0. The molecule has 0 spiro atoms. The van der Waals surface area contributed by atoms with Crippen LogP contribution in [0.15, 0.2) is 79.4 Å². The fourth-order valence-electron chi connectivity index (χ4n) is 3.28. The number of benzene rings is 2. The van der Waals surface area contributed by atoms with Gasteiger partial charge >= 0.3 is 0 Å². The van der Waals surface area contributed by atoms with Crippen molar-refractivity contribution in [3.63, 3.8) is 0 Å². The second-order valence-electron chi connectivity index (χ2n) is 5.63. The third kappa shape index (κ3) is 1.77. The van der Waals surface area contributed by atoms with E-state index in [0.29, 0.717) is 0 Å². The highest BCUT2D eigenvalue weighted by Gasteiger charge is 2.11. The van der Waals surface area contributed by atoms with Crippen LogP contribution in [0.25, 0.3) is 38.4 Å². The molecule has 0 radical (unpaired) electrons. The Kier molecular flexibility index (Phi) is 2.50. The van der Waals surface area contributed by atoms with Gasteiger partial charge in [0.2, 0.25) is 0 Å². The third-order valence-corrected chi connectivity index (χ3v) is 4.32. The van der Waals surface area contributed by atoms with Gasteiger partial charge in [0.05, 0.1) is 5.52 Å². The summed E-state index contributed by atoms with van der Waals surface area (Å²) in [6.07, 6.45) is 7.83. The summed E-state index contributed by atoms with van der Waals surface area (Å²) in [5.41, 5.74) is 4.34. The maximum Gasteiger partial charge on any atom is 0.144 e. The fraction of sp³-hybridized carbons (Fsp3) is 0. The van der Waals surface area contributed by atoms with Crippen LogP contribution in [0.5, 0.6) is 0 Å². The number of nitrogens with zero attached hydrogens (tertiary/aromatic N) is 3. The highest BCUT2D eigenvalue weighted by molar-refractivity contribution is 6.07. The molecular weight excluding hydrogens is 282 g/mol. The highest BCUT2D eigenvalue weighted by Crippen LogP contribution is 2.34. The standard InChI is InChI=1S/C20H13N3/c1-2-8-17-15(7-1)18(13-23-12-11-22-20(17)23)16-9-3-5-14-6-4-10-21-19(14)16/h1-13H. The Morgan fingerprint density at radius 2 is 1.57 bits per heavy atom. The van der Waals surface area contributed by atoms with E-state index in [9.17, 15) is 0 Å². The maximum absolute atomic E-state index is 4.61. The molecule has 0 atom stereocenters. The Hall–Kier alpha value is -3.20. The lowest BCUT2D eigenvalue weighted by Crippen LogP contribution is -1.91. The number of fused-ring (bicyclic) bond motifs is 4. The molecule has 0 aliphatic heterocycles. The first-order chi connectivity index (χ1) is 11.4. The maximum atomic E-state index is 4.61. The average molecular weight is 295 g/mol. The quantitative estimate of drug-likeness (QED) is 0.448. The van der Waals surface area contributed by atoms with Gasteiger partial charge in [0.15, 0.2) is 0 Å². The van der Waals surface area contributed by atoms with Crippen molar-refractivity contribution in [3.8, 4) is 11.1 Å². The topological polar surface area (TPSA) is 30.2 Å². The molecule has 0 bridgehead atoms. The first-order valence-corrected chi connectivity index (χ1v) is 7.60. The van der Waals surface area contributed by atoms with E-state index in [4.69, 9.17) is 0 Å². The molecule has 0 aliphatic rings. The van der Waals surface area contributed by atoms with E-state index < -0.39 is 0 Å². The van der Waals surface area contributed by atoms with Crippen LogP contribution in [0.4, 0.5) is 0 Å². The van der Waals surface area contributed by atoms with Gasteiger partial charge in [0.25, 0.3) is 0 Å². The Labute approximate surface area is 132 Å². The van der Waals surface area contributed by atoms with Crippen LogP contribution in [0, 0.1) is 0 Å². The smallest absolute Gasteiger partial charge is 0.144 e. The zero-order valence-electron chi connectivity index (χ0n) is 12.3. The third-order valence-electron chi connectivity index (χ3n) is 4.32. The summed E-state index contributed by atoms with van der Waals surface area (Å²) in [5, 5.41) is 3.51. The first kappa shape index (κ1) is 12.4. The molecule has 108 valence electrons. The predicted octanol–water partition coefficient (Wildman–Crippen LogP) is 4.70. The van der Waals surface area contributed by atoms with Crippen LogP contribution in [-0.4, -0.2) is 14.4 Å². The van der Waals surface area contributed by atoms with Crippen LogP contribution >= 0.6 is 0 Å². The molecule has 0 fully saturated rings. The number of hydrogen-bond donors (Lipinski definition) is 0. The van der Waals surface area contributed by atoms with Gasteiger partial charge in [-0.1, -0.05) is 48.5 Å². The van der Waals surface area contributed by atoms with E-state index in [1.807, 2.05) is 24.7 Å². The number of aromatic nitrogens is 3. The second-order valence-corrected chi connectivity index (χ2v) is 5.63. The molecule has 23 heavy (non-hydrogen) atoms. The Morgan fingerprint density at radius 1 is 0.696 bits per heavy atom. The summed E-state index contributed by atoms with van der Waals surface area (Å²) in [6, 6.07) is 18.8. The normalized spacial score (nSPS) is 11.5. The van der Waals surface area contributed by atoms with Crippen molar-refractivity contribution in [2.24, 2.45) is 0 Å². The van der Waals surface area contributed by atoms with E-state index in [1.54, 1.807) is 0 Å². The van der Waals surface area contributed by atoms with E-state index >= 15 is 0 Å². The number of hydrogen-bond acceptors (Lipinski definition) is 2.